The van der Waals surface area contributed by atoms with Gasteiger partial charge < -0.3 is 15.1 Å². The van der Waals surface area contributed by atoms with Gasteiger partial charge in [-0.05, 0) is 87.1 Å². The van der Waals surface area contributed by atoms with Crippen LogP contribution in [0.25, 0.3) is 0 Å². The number of hydrogen-bond donors (Lipinski definition) is 1. The molecule has 5 atom stereocenters. The number of halogens is 8. The summed E-state index contributed by atoms with van der Waals surface area (Å²) in [7, 11) is 1.37. The fourth-order valence-electron chi connectivity index (χ4n) is 5.96. The van der Waals surface area contributed by atoms with Gasteiger partial charge >= 0.3 is 18.4 Å². The molecule has 0 bridgehead atoms. The largest absolute Gasteiger partial charge is 0.416 e. The predicted molar refractivity (Wildman–Crippen MR) is 146 cm³/mol. The highest BCUT2D eigenvalue weighted by Crippen LogP contribution is 2.46. The van der Waals surface area contributed by atoms with Crippen LogP contribution >= 0.6 is 22.6 Å². The minimum absolute atomic E-state index is 0.0749. The Kier molecular flexibility index (Phi) is 8.45. The lowest BCUT2D eigenvalue weighted by molar-refractivity contribution is -0.143. The molecule has 12 heteroatoms. The number of alkyl halides is 7. The van der Waals surface area contributed by atoms with Gasteiger partial charge in [0.1, 0.15) is 5.82 Å². The molecule has 2 aliphatic rings. The molecular formula is C28H31F7IN3O. The molecule has 2 saturated heterocycles. The summed E-state index contributed by atoms with van der Waals surface area (Å²) in [4.78, 5) is 16.7. The maximum absolute atomic E-state index is 14.0. The lowest BCUT2D eigenvalue weighted by Gasteiger charge is -2.48. The van der Waals surface area contributed by atoms with Crippen molar-refractivity contribution in [3.63, 3.8) is 0 Å². The molecule has 2 heterocycles. The highest BCUT2D eigenvalue weighted by atomic mass is 127. The number of carbonyl (C=O) groups is 1. The van der Waals surface area contributed by atoms with Gasteiger partial charge in [0, 0.05) is 29.1 Å². The van der Waals surface area contributed by atoms with Crippen LogP contribution in [0.2, 0.25) is 0 Å². The number of nitrogens with one attached hydrogen (secondary N) is 1. The summed E-state index contributed by atoms with van der Waals surface area (Å²) in [6.07, 6.45) is -7.89. The maximum Gasteiger partial charge on any atom is 0.416 e. The Morgan fingerprint density at radius 3 is 2.20 bits per heavy atom. The second-order valence-electron chi connectivity index (χ2n) is 11.0. The Morgan fingerprint density at radius 1 is 1.10 bits per heavy atom. The van der Waals surface area contributed by atoms with Crippen LogP contribution < -0.4 is 5.32 Å². The monoisotopic (exact) mass is 685 g/mol. The van der Waals surface area contributed by atoms with Crippen molar-refractivity contribution in [2.24, 2.45) is 0 Å². The minimum Gasteiger partial charge on any atom is -0.321 e. The number of rotatable bonds is 3. The van der Waals surface area contributed by atoms with Crippen LogP contribution in [0.3, 0.4) is 0 Å². The molecule has 1 spiro atoms. The van der Waals surface area contributed by atoms with E-state index in [0.717, 1.165) is 12.0 Å². The van der Waals surface area contributed by atoms with E-state index < -0.39 is 47.4 Å². The smallest absolute Gasteiger partial charge is 0.321 e. The summed E-state index contributed by atoms with van der Waals surface area (Å²) >= 11 is 2.42. The van der Waals surface area contributed by atoms with E-state index >= 15 is 0 Å². The molecule has 2 aliphatic heterocycles. The molecule has 2 aromatic rings. The number of benzene rings is 2. The first-order valence-corrected chi connectivity index (χ1v) is 14.2. The number of hydrogen-bond acceptors (Lipinski definition) is 2. The van der Waals surface area contributed by atoms with Crippen LogP contribution in [0.4, 0.5) is 35.5 Å². The number of nitrogens with zero attached hydrogens (tertiary/aromatic N) is 2. The van der Waals surface area contributed by atoms with Gasteiger partial charge in [0.05, 0.1) is 23.2 Å². The van der Waals surface area contributed by atoms with Gasteiger partial charge in [-0.1, -0.05) is 28.7 Å². The topological polar surface area (TPSA) is 35.6 Å². The van der Waals surface area contributed by atoms with Crippen LogP contribution in [-0.4, -0.2) is 44.9 Å². The van der Waals surface area contributed by atoms with Gasteiger partial charge in [-0.3, -0.25) is 0 Å². The highest BCUT2D eigenvalue weighted by Gasteiger charge is 2.51. The van der Waals surface area contributed by atoms with Crippen LogP contribution in [0.1, 0.15) is 73.0 Å². The molecule has 0 radical (unpaired) electrons. The zero-order chi connectivity index (χ0) is 29.8. The van der Waals surface area contributed by atoms with E-state index in [0.29, 0.717) is 37.1 Å². The SMILES string of the molecule is Cc1cc(F)ccc1[C@H]1CC2(CCN1C(=O)N(C)[C@H](C)c1cc(C(F)(F)F)cc(C(F)(F)F)c1)N[C@@H](C)CC2I. The number of aryl methyl sites for hydroxylation is 1. The summed E-state index contributed by atoms with van der Waals surface area (Å²) in [6.45, 7) is 5.56. The lowest BCUT2D eigenvalue weighted by atomic mass is 9.79. The molecule has 4 rings (SSSR count). The second-order valence-corrected chi connectivity index (χ2v) is 12.5. The molecule has 0 aromatic heterocycles. The van der Waals surface area contributed by atoms with E-state index in [1.807, 2.05) is 0 Å². The first-order chi connectivity index (χ1) is 18.4. The van der Waals surface area contributed by atoms with Crippen molar-refractivity contribution in [1.29, 1.82) is 0 Å². The van der Waals surface area contributed by atoms with Crippen molar-refractivity contribution in [2.45, 2.75) is 80.0 Å². The lowest BCUT2D eigenvalue weighted by Crippen LogP contribution is -2.58. The molecule has 2 unspecified atom stereocenters. The Labute approximate surface area is 242 Å². The van der Waals surface area contributed by atoms with Gasteiger partial charge in [0.25, 0.3) is 0 Å². The average Bonchev–Trinajstić information content (AvgIpc) is 3.13. The van der Waals surface area contributed by atoms with E-state index in [4.69, 9.17) is 0 Å². The third-order valence-corrected chi connectivity index (χ3v) is 9.94. The van der Waals surface area contributed by atoms with Crippen molar-refractivity contribution >= 4 is 28.6 Å². The third-order valence-electron chi connectivity index (χ3n) is 8.24. The summed E-state index contributed by atoms with van der Waals surface area (Å²) < 4.78 is 95.1. The molecule has 0 saturated carbocycles. The van der Waals surface area contributed by atoms with Crippen LogP contribution in [0, 0.1) is 12.7 Å². The van der Waals surface area contributed by atoms with Crippen molar-refractivity contribution in [2.75, 3.05) is 13.6 Å². The van der Waals surface area contributed by atoms with Gasteiger partial charge in [-0.25, -0.2) is 9.18 Å². The highest BCUT2D eigenvalue weighted by molar-refractivity contribution is 14.1. The molecule has 1 N–H and O–H groups in total. The molecule has 2 fully saturated rings. The summed E-state index contributed by atoms with van der Waals surface area (Å²) in [5.74, 6) is -0.417. The van der Waals surface area contributed by atoms with E-state index in [1.165, 1.54) is 31.0 Å². The maximum atomic E-state index is 14.0. The third kappa shape index (κ3) is 6.07. The van der Waals surface area contributed by atoms with E-state index in [1.54, 1.807) is 17.9 Å². The van der Waals surface area contributed by atoms with Crippen molar-refractivity contribution < 1.29 is 35.5 Å². The van der Waals surface area contributed by atoms with Gasteiger partial charge in [0.2, 0.25) is 0 Å². The molecule has 4 nitrogen and oxygen atoms in total. The number of urea groups is 1. The van der Waals surface area contributed by atoms with E-state index in [-0.39, 0.29) is 27.1 Å². The van der Waals surface area contributed by atoms with Crippen LogP contribution in [0.5, 0.6) is 0 Å². The molecule has 40 heavy (non-hydrogen) atoms. The quantitative estimate of drug-likeness (QED) is 0.202. The Morgan fingerprint density at radius 2 is 1.70 bits per heavy atom. The van der Waals surface area contributed by atoms with E-state index in [2.05, 4.69) is 34.8 Å². The normalized spacial score (nSPS) is 26.3. The second kappa shape index (κ2) is 11.0. The van der Waals surface area contributed by atoms with Gasteiger partial charge in [-0.2, -0.15) is 26.3 Å². The van der Waals surface area contributed by atoms with Gasteiger partial charge in [0.15, 0.2) is 0 Å². The summed E-state index contributed by atoms with van der Waals surface area (Å²) in [5.41, 5.74) is -2.01. The zero-order valence-electron chi connectivity index (χ0n) is 22.4. The number of carbonyl (C=O) groups excluding carboxylic acids is 1. The Balaban J connectivity index is 1.69. The summed E-state index contributed by atoms with van der Waals surface area (Å²) in [6, 6.07) is 3.91. The van der Waals surface area contributed by atoms with Crippen LogP contribution in [-0.2, 0) is 12.4 Å². The first-order valence-electron chi connectivity index (χ1n) is 12.9. The zero-order valence-corrected chi connectivity index (χ0v) is 24.6. The Bertz CT molecular complexity index is 1240. The standard InChI is InChI=1S/C28H31F7IN3O/c1-15-9-21(29)5-6-22(15)23-14-26(24(36)10-16(2)37-26)7-8-39(23)25(40)38(4)17(3)18-11-19(27(30,31)32)13-20(12-18)28(33,34)35/h5-6,9,11-13,16-17,23-24,37H,7-8,10,14H2,1-4H3/t16-,17+,23+,24?,26?/m0/s1. The fraction of sp³-hybridized carbons (Fsp3) is 0.536. The summed E-state index contributed by atoms with van der Waals surface area (Å²) in [5, 5.41) is 3.68. The van der Waals surface area contributed by atoms with Crippen molar-refractivity contribution in [3.05, 3.63) is 70.0 Å². The van der Waals surface area contributed by atoms with Gasteiger partial charge in [-0.15, -0.1) is 0 Å². The Hall–Kier alpha value is -2.09. The van der Waals surface area contributed by atoms with Crippen molar-refractivity contribution in [3.8, 4) is 0 Å². The molecule has 2 aromatic carbocycles. The van der Waals surface area contributed by atoms with Crippen molar-refractivity contribution in [1.82, 2.24) is 15.1 Å². The number of piperidine rings is 1. The first kappa shape index (κ1) is 30.9. The molecule has 220 valence electrons. The predicted octanol–water partition coefficient (Wildman–Crippen LogP) is 8.05. The fourth-order valence-corrected chi connectivity index (χ4v) is 7.46. The molecule has 2 amide bonds. The molecular weight excluding hydrogens is 654 g/mol. The number of likely N-dealkylation sites (tertiary alicyclic amines) is 1. The minimum atomic E-state index is -4.99. The average molecular weight is 685 g/mol. The van der Waals surface area contributed by atoms with E-state index in [9.17, 15) is 35.5 Å². The molecule has 0 aliphatic carbocycles. The van der Waals surface area contributed by atoms with Crippen LogP contribution in [0.15, 0.2) is 36.4 Å². The number of amides is 2.